The molecule has 0 spiro atoms. The second-order valence-corrected chi connectivity index (χ2v) is 12.4. The number of hydrogen-bond donors (Lipinski definition) is 2. The van der Waals surface area contributed by atoms with Crippen molar-refractivity contribution in [1.82, 2.24) is 0 Å². The van der Waals surface area contributed by atoms with E-state index in [2.05, 4.69) is 0 Å². The molecule has 1 aromatic carbocycles. The molecule has 3 aliphatic carbocycles. The van der Waals surface area contributed by atoms with Gasteiger partial charge in [-0.15, -0.1) is 0 Å². The zero-order valence-corrected chi connectivity index (χ0v) is 22.7. The van der Waals surface area contributed by atoms with Gasteiger partial charge in [-0.1, -0.05) is 44.2 Å². The van der Waals surface area contributed by atoms with Gasteiger partial charge in [0.25, 0.3) is 0 Å². The topological polar surface area (TPSA) is 132 Å². The summed E-state index contributed by atoms with van der Waals surface area (Å²) >= 11 is 0. The first kappa shape index (κ1) is 26.6. The van der Waals surface area contributed by atoms with Gasteiger partial charge in [0.2, 0.25) is 0 Å². The number of Topliss-reactive ketones (excluding diaryl/α,β-unsaturated/α-hetero) is 1. The average molecular weight is 541 g/mol. The van der Waals surface area contributed by atoms with Crippen molar-refractivity contribution in [2.45, 2.75) is 89.2 Å². The first-order chi connectivity index (χ1) is 18.4. The van der Waals surface area contributed by atoms with E-state index >= 15 is 0 Å². The van der Waals surface area contributed by atoms with E-state index in [-0.39, 0.29) is 36.6 Å². The van der Waals surface area contributed by atoms with Gasteiger partial charge in [0.05, 0.1) is 30.3 Å². The molecule has 2 heterocycles. The monoisotopic (exact) mass is 540 g/mol. The van der Waals surface area contributed by atoms with E-state index in [0.717, 1.165) is 5.56 Å². The van der Waals surface area contributed by atoms with Gasteiger partial charge in [-0.25, -0.2) is 4.79 Å². The van der Waals surface area contributed by atoms with Crippen LogP contribution in [0.15, 0.2) is 41.5 Å². The first-order valence-corrected chi connectivity index (χ1v) is 13.8. The lowest BCUT2D eigenvalue weighted by atomic mass is 9.51. The molecule has 10 atom stereocenters. The number of hydrogen-bond acceptors (Lipinski definition) is 9. The second kappa shape index (κ2) is 9.23. The summed E-state index contributed by atoms with van der Waals surface area (Å²) in [6.45, 7) is 7.13. The Hall–Kier alpha value is -2.59. The average Bonchev–Trinajstić information content (AvgIpc) is 3.65. The van der Waals surface area contributed by atoms with E-state index in [1.807, 2.05) is 44.2 Å². The summed E-state index contributed by atoms with van der Waals surface area (Å²) in [4.78, 5) is 39.6. The van der Waals surface area contributed by atoms with Crippen molar-refractivity contribution < 1.29 is 43.5 Å². The fourth-order valence-corrected chi connectivity index (χ4v) is 7.62. The summed E-state index contributed by atoms with van der Waals surface area (Å²) in [6, 6.07) is 9.41. The van der Waals surface area contributed by atoms with Gasteiger partial charge in [-0.3, -0.25) is 9.59 Å². The first-order valence-electron chi connectivity index (χ1n) is 13.8. The fraction of sp³-hybridized carbons (Fsp3) is 0.633. The normalized spacial score (nSPS) is 42.2. The number of ether oxygens (including phenoxy) is 4. The number of aliphatic hydroxyl groups is 2. The van der Waals surface area contributed by atoms with Crippen LogP contribution in [-0.2, 0) is 33.3 Å². The molecule has 2 saturated carbocycles. The van der Waals surface area contributed by atoms with E-state index in [9.17, 15) is 24.6 Å². The summed E-state index contributed by atoms with van der Waals surface area (Å²) in [6.07, 6.45) is -3.77. The Morgan fingerprint density at radius 3 is 2.44 bits per heavy atom. The van der Waals surface area contributed by atoms with Gasteiger partial charge in [-0.05, 0) is 36.0 Å². The highest BCUT2D eigenvalue weighted by atomic mass is 16.6. The van der Waals surface area contributed by atoms with Crippen LogP contribution < -0.4 is 0 Å². The largest absolute Gasteiger partial charge is 0.456 e. The SMILES string of the molecule is CC(=O)OC1C(=O)C2C(O)CC3OCC3C2CC2(O)CC(OC(=O)C3OC3c3ccccc3)C(C)=C1C2(C)C. The summed E-state index contributed by atoms with van der Waals surface area (Å²) < 4.78 is 23.0. The van der Waals surface area contributed by atoms with Crippen LogP contribution in [0.5, 0.6) is 0 Å². The number of aliphatic hydroxyl groups excluding tert-OH is 1. The Bertz CT molecular complexity index is 1220. The Balaban J connectivity index is 1.37. The molecule has 0 aromatic heterocycles. The van der Waals surface area contributed by atoms with Gasteiger partial charge in [-0.2, -0.15) is 0 Å². The Morgan fingerprint density at radius 2 is 1.79 bits per heavy atom. The second-order valence-electron chi connectivity index (χ2n) is 12.4. The molecule has 0 amide bonds. The minimum Gasteiger partial charge on any atom is -0.456 e. The molecular formula is C30H36O9. The third kappa shape index (κ3) is 4.17. The van der Waals surface area contributed by atoms with Gasteiger partial charge in [0.1, 0.15) is 12.2 Å². The van der Waals surface area contributed by atoms with Crippen molar-refractivity contribution in [3.63, 3.8) is 0 Å². The number of fused-ring (bicyclic) bond motifs is 5. The molecule has 9 heteroatoms. The van der Waals surface area contributed by atoms with Crippen molar-refractivity contribution in [2.75, 3.05) is 6.61 Å². The molecule has 0 radical (unpaired) electrons. The van der Waals surface area contributed by atoms with Crippen molar-refractivity contribution in [2.24, 2.45) is 23.2 Å². The number of carbonyl (C=O) groups is 3. The van der Waals surface area contributed by atoms with Gasteiger partial charge in [0, 0.05) is 31.1 Å². The lowest BCUT2D eigenvalue weighted by Crippen LogP contribution is -2.65. The van der Waals surface area contributed by atoms with Crippen molar-refractivity contribution >= 4 is 17.7 Å². The van der Waals surface area contributed by atoms with Crippen molar-refractivity contribution in [1.29, 1.82) is 0 Å². The van der Waals surface area contributed by atoms with E-state index in [0.29, 0.717) is 24.2 Å². The fourth-order valence-electron chi connectivity index (χ4n) is 7.62. The number of epoxide rings is 1. The predicted octanol–water partition coefficient (Wildman–Crippen LogP) is 2.43. The molecule has 2 saturated heterocycles. The minimum absolute atomic E-state index is 0.00111. The zero-order chi connectivity index (χ0) is 27.9. The Kier molecular flexibility index (Phi) is 6.30. The number of benzene rings is 1. The van der Waals surface area contributed by atoms with Crippen molar-refractivity contribution in [3.8, 4) is 0 Å². The Labute approximate surface area is 227 Å². The summed E-state index contributed by atoms with van der Waals surface area (Å²) in [7, 11) is 0. The highest BCUT2D eigenvalue weighted by molar-refractivity contribution is 5.92. The van der Waals surface area contributed by atoms with Crippen LogP contribution in [-0.4, -0.2) is 70.7 Å². The van der Waals surface area contributed by atoms with Crippen LogP contribution in [0.4, 0.5) is 0 Å². The summed E-state index contributed by atoms with van der Waals surface area (Å²) in [5, 5.41) is 23.4. The molecule has 9 nitrogen and oxygen atoms in total. The zero-order valence-electron chi connectivity index (χ0n) is 22.7. The van der Waals surface area contributed by atoms with Crippen LogP contribution >= 0.6 is 0 Å². The van der Waals surface area contributed by atoms with Crippen molar-refractivity contribution in [3.05, 3.63) is 47.0 Å². The summed E-state index contributed by atoms with van der Waals surface area (Å²) in [5.74, 6) is -2.72. The third-order valence-corrected chi connectivity index (χ3v) is 9.96. The molecule has 2 N–H and O–H groups in total. The summed E-state index contributed by atoms with van der Waals surface area (Å²) in [5.41, 5.74) is -0.504. The minimum atomic E-state index is -1.41. The van der Waals surface area contributed by atoms with E-state index < -0.39 is 59.4 Å². The maximum Gasteiger partial charge on any atom is 0.339 e. The van der Waals surface area contributed by atoms with Crippen LogP contribution in [0.3, 0.4) is 0 Å². The van der Waals surface area contributed by atoms with E-state index in [4.69, 9.17) is 18.9 Å². The molecular weight excluding hydrogens is 504 g/mol. The highest BCUT2D eigenvalue weighted by Gasteiger charge is 2.64. The number of carbonyl (C=O) groups excluding carboxylic acids is 3. The molecule has 1 aromatic rings. The lowest BCUT2D eigenvalue weighted by molar-refractivity contribution is -0.223. The molecule has 5 aliphatic rings. The molecule has 39 heavy (non-hydrogen) atoms. The molecule has 6 rings (SSSR count). The van der Waals surface area contributed by atoms with Crippen LogP contribution in [0.25, 0.3) is 0 Å². The van der Waals surface area contributed by atoms with E-state index in [1.54, 1.807) is 6.92 Å². The maximum atomic E-state index is 14.1. The van der Waals surface area contributed by atoms with Crippen LogP contribution in [0.2, 0.25) is 0 Å². The van der Waals surface area contributed by atoms with E-state index in [1.165, 1.54) is 6.92 Å². The van der Waals surface area contributed by atoms with Gasteiger partial charge < -0.3 is 29.2 Å². The number of ketones is 1. The third-order valence-electron chi connectivity index (χ3n) is 9.96. The highest BCUT2D eigenvalue weighted by Crippen LogP contribution is 2.58. The molecule has 2 aliphatic heterocycles. The molecule has 210 valence electrons. The maximum absolute atomic E-state index is 14.1. The predicted molar refractivity (Wildman–Crippen MR) is 136 cm³/mol. The smallest absolute Gasteiger partial charge is 0.339 e. The lowest BCUT2D eigenvalue weighted by Gasteiger charge is -2.59. The molecule has 10 unspecified atom stereocenters. The quantitative estimate of drug-likeness (QED) is 0.336. The van der Waals surface area contributed by atoms with Gasteiger partial charge >= 0.3 is 11.9 Å². The number of rotatable bonds is 4. The number of esters is 2. The van der Waals surface area contributed by atoms with Crippen LogP contribution in [0, 0.1) is 23.2 Å². The van der Waals surface area contributed by atoms with Gasteiger partial charge in [0.15, 0.2) is 18.0 Å². The van der Waals surface area contributed by atoms with Crippen LogP contribution in [0.1, 0.15) is 58.6 Å². The standard InChI is InChI=1S/C30H36O9/c1-14-21(38-28(34)27-25(39-27)16-8-6-5-7-9-16)12-30(35)11-17-18-13-36-20(18)10-19(32)22(17)24(33)26(37-15(2)31)23(14)29(30,3)4/h5-9,17-22,25-27,32,35H,10-13H2,1-4H3. The molecule has 2 bridgehead atoms. The molecule has 4 fully saturated rings. The Morgan fingerprint density at radius 1 is 1.08 bits per heavy atom.